The van der Waals surface area contributed by atoms with E-state index in [0.717, 1.165) is 0 Å². The Morgan fingerprint density at radius 2 is 2.14 bits per heavy atom. The Morgan fingerprint density at radius 3 is 2.29 bits per heavy atom. The molecular weight excluding hydrogens is 104 g/mol. The van der Waals surface area contributed by atoms with E-state index >= 15 is 0 Å². The van der Waals surface area contributed by atoms with Gasteiger partial charge in [0.2, 0.25) is 0 Å². The van der Waals surface area contributed by atoms with Crippen LogP contribution in [0.2, 0.25) is 0 Å². The molecule has 6 heteroatoms. The summed E-state index contributed by atoms with van der Waals surface area (Å²) in [6.45, 7) is 0. The first kappa shape index (κ1) is 4.91. The molecule has 1 aliphatic rings. The zero-order chi connectivity index (χ0) is 5.28. The monoisotopic (exact) mass is 108 g/mol. The fourth-order valence-electron chi connectivity index (χ4n) is 0.187. The summed E-state index contributed by atoms with van der Waals surface area (Å²) in [5, 5.41) is 8.80. The van der Waals surface area contributed by atoms with E-state index in [-0.39, 0.29) is 5.39 Å². The third-order valence-corrected chi connectivity index (χ3v) is 0.422. The van der Waals surface area contributed by atoms with E-state index in [0.29, 0.717) is 5.39 Å². The average Bonchev–Trinajstić information content (AvgIpc) is 1.58. The van der Waals surface area contributed by atoms with Gasteiger partial charge in [-0.25, -0.2) is 0 Å². The lowest BCUT2D eigenvalue weighted by Crippen LogP contribution is -2.47. The van der Waals surface area contributed by atoms with E-state index in [1.165, 1.54) is 7.11 Å². The Balaban J connectivity index is 2.06. The second kappa shape index (κ2) is 1.70. The van der Waals surface area contributed by atoms with Gasteiger partial charge in [-0.3, -0.25) is 10.0 Å². The van der Waals surface area contributed by atoms with Gasteiger partial charge < -0.3 is 0 Å². The molecule has 0 radical (unpaired) electrons. The maximum Gasteiger partial charge on any atom is 0.121 e. The van der Waals surface area contributed by atoms with Crippen molar-refractivity contribution in [1.29, 1.82) is 0 Å². The van der Waals surface area contributed by atoms with Gasteiger partial charge in [0.25, 0.3) is 0 Å². The van der Waals surface area contributed by atoms with Gasteiger partial charge in [-0.15, -0.1) is 0 Å². The van der Waals surface area contributed by atoms with Gasteiger partial charge >= 0.3 is 0 Å². The zero-order valence-electron chi connectivity index (χ0n) is 3.57. The van der Waals surface area contributed by atoms with Gasteiger partial charge in [-0.05, 0) is 0 Å². The number of hydrogen-bond donors (Lipinski definition) is 1. The summed E-state index contributed by atoms with van der Waals surface area (Å²) < 4.78 is 0. The molecule has 1 saturated heterocycles. The van der Waals surface area contributed by atoms with Gasteiger partial charge in [-0.1, -0.05) is 9.88 Å². The minimum Gasteiger partial charge on any atom is -0.263 e. The van der Waals surface area contributed by atoms with Crippen LogP contribution in [0.25, 0.3) is 0 Å². The van der Waals surface area contributed by atoms with Gasteiger partial charge in [0.05, 0.1) is 7.11 Å². The maximum absolute atomic E-state index is 8.02. The van der Waals surface area contributed by atoms with E-state index < -0.39 is 0 Å². The summed E-state index contributed by atoms with van der Waals surface area (Å²) in [7, 11) is 1.33. The third kappa shape index (κ3) is 0.855. The molecule has 0 aromatic rings. The molecule has 0 amide bonds. The number of hydrogen-bond acceptors (Lipinski definition) is 6. The first-order chi connectivity index (χ1) is 3.33. The molecule has 6 nitrogen and oxygen atoms in total. The van der Waals surface area contributed by atoms with Crippen molar-refractivity contribution >= 4 is 0 Å². The number of rotatable bonds is 1. The molecule has 1 N–H and O–H groups in total. The quantitative estimate of drug-likeness (QED) is 0.476. The van der Waals surface area contributed by atoms with E-state index in [1.54, 1.807) is 0 Å². The van der Waals surface area contributed by atoms with Crippen molar-refractivity contribution in [3.05, 3.63) is 0 Å². The van der Waals surface area contributed by atoms with E-state index in [1.807, 2.05) is 0 Å². The SMILES string of the molecule is CON1ON(O)O1. The molecular formula is CH4N2O4. The minimum atomic E-state index is 0.156. The lowest BCUT2D eigenvalue weighted by atomic mass is 11.7. The van der Waals surface area contributed by atoms with Crippen molar-refractivity contribution in [1.82, 2.24) is 10.8 Å². The van der Waals surface area contributed by atoms with Crippen molar-refractivity contribution in [3.8, 4) is 0 Å². The largest absolute Gasteiger partial charge is 0.263 e. The predicted molar refractivity (Wildman–Crippen MR) is 14.6 cm³/mol. The highest BCUT2D eigenvalue weighted by Gasteiger charge is 2.26. The van der Waals surface area contributed by atoms with Crippen molar-refractivity contribution in [2.24, 2.45) is 0 Å². The molecule has 0 spiro atoms. The molecule has 0 bridgehead atoms. The Bertz CT molecular complexity index is 60.7. The van der Waals surface area contributed by atoms with Crippen LogP contribution >= 0.6 is 0 Å². The molecule has 7 heavy (non-hydrogen) atoms. The Kier molecular flexibility index (Phi) is 1.19. The first-order valence-corrected chi connectivity index (χ1v) is 1.52. The molecule has 0 aromatic carbocycles. The Hall–Kier alpha value is -0.240. The molecule has 0 aromatic heterocycles. The molecule has 1 fully saturated rings. The van der Waals surface area contributed by atoms with Crippen LogP contribution in [0.1, 0.15) is 0 Å². The maximum atomic E-state index is 8.02. The van der Waals surface area contributed by atoms with Crippen LogP contribution in [0.5, 0.6) is 0 Å². The summed E-state index contributed by atoms with van der Waals surface area (Å²) in [5.41, 5.74) is 0. The lowest BCUT2D eigenvalue weighted by Gasteiger charge is -2.28. The second-order valence-corrected chi connectivity index (χ2v) is 0.807. The third-order valence-electron chi connectivity index (χ3n) is 0.422. The topological polar surface area (TPSA) is 54.4 Å². The molecule has 0 unspecified atom stereocenters. The summed E-state index contributed by atoms with van der Waals surface area (Å²) in [6, 6.07) is 0. The summed E-state index contributed by atoms with van der Waals surface area (Å²) in [4.78, 5) is 12.4. The van der Waals surface area contributed by atoms with Crippen molar-refractivity contribution in [2.75, 3.05) is 7.11 Å². The molecule has 0 aliphatic carbocycles. The minimum absolute atomic E-state index is 0.156. The highest BCUT2D eigenvalue weighted by Crippen LogP contribution is 2.07. The van der Waals surface area contributed by atoms with E-state index in [4.69, 9.17) is 5.21 Å². The van der Waals surface area contributed by atoms with Crippen molar-refractivity contribution in [2.45, 2.75) is 0 Å². The van der Waals surface area contributed by atoms with Gasteiger partial charge in [0, 0.05) is 0 Å². The van der Waals surface area contributed by atoms with E-state index in [2.05, 4.69) is 14.7 Å². The second-order valence-electron chi connectivity index (χ2n) is 0.807. The van der Waals surface area contributed by atoms with Crippen LogP contribution in [-0.2, 0) is 14.7 Å². The van der Waals surface area contributed by atoms with Crippen LogP contribution in [0.3, 0.4) is 0 Å². The van der Waals surface area contributed by atoms with Crippen molar-refractivity contribution < 1.29 is 19.9 Å². The standard InChI is InChI=1S/CH4N2O4/c1-5-3-6-2(4)7-3/h4H,1H3. The lowest BCUT2D eigenvalue weighted by molar-refractivity contribution is -0.840. The molecule has 1 rings (SSSR count). The average molecular weight is 108 g/mol. The van der Waals surface area contributed by atoms with Crippen molar-refractivity contribution in [3.63, 3.8) is 0 Å². The normalized spacial score (nSPS) is 24.9. The summed E-state index contributed by atoms with van der Waals surface area (Å²) in [5.74, 6) is 0. The van der Waals surface area contributed by atoms with Gasteiger partial charge in [-0.2, -0.15) is 0 Å². The first-order valence-electron chi connectivity index (χ1n) is 1.52. The molecule has 1 heterocycles. The zero-order valence-corrected chi connectivity index (χ0v) is 3.57. The number of nitrogens with zero attached hydrogens (tertiary/aromatic N) is 2. The summed E-state index contributed by atoms with van der Waals surface area (Å²) in [6.07, 6.45) is 0. The van der Waals surface area contributed by atoms with Crippen LogP contribution < -0.4 is 0 Å². The van der Waals surface area contributed by atoms with Crippen LogP contribution in [-0.4, -0.2) is 23.1 Å². The smallest absolute Gasteiger partial charge is 0.121 e. The fourth-order valence-corrected chi connectivity index (χ4v) is 0.187. The highest BCUT2D eigenvalue weighted by molar-refractivity contribution is 3.79. The highest BCUT2D eigenvalue weighted by atomic mass is 17.5. The Labute approximate surface area is 39.1 Å². The van der Waals surface area contributed by atoms with Crippen LogP contribution in [0.4, 0.5) is 0 Å². The fraction of sp³-hybridized carbons (Fsp3) is 1.00. The molecule has 0 saturated carbocycles. The van der Waals surface area contributed by atoms with E-state index in [9.17, 15) is 0 Å². The van der Waals surface area contributed by atoms with Crippen LogP contribution in [0, 0.1) is 0 Å². The summed E-state index contributed by atoms with van der Waals surface area (Å²) >= 11 is 0. The Morgan fingerprint density at radius 1 is 1.57 bits per heavy atom. The van der Waals surface area contributed by atoms with Gasteiger partial charge in [0.15, 0.2) is 0 Å². The predicted octanol–water partition coefficient (Wildman–Crippen LogP) is -0.752. The molecule has 0 atom stereocenters. The molecule has 1 aliphatic heterocycles. The molecule has 42 valence electrons. The van der Waals surface area contributed by atoms with Crippen LogP contribution in [0.15, 0.2) is 0 Å². The van der Waals surface area contributed by atoms with Gasteiger partial charge in [0.1, 0.15) is 10.8 Å².